The molecule has 0 unspecified atom stereocenters. The summed E-state index contributed by atoms with van der Waals surface area (Å²) in [6.45, 7) is 14.6. The first kappa shape index (κ1) is 19.7. The van der Waals surface area contributed by atoms with Gasteiger partial charge in [-0.3, -0.25) is 9.69 Å². The van der Waals surface area contributed by atoms with Crippen LogP contribution in [-0.2, 0) is 11.3 Å². The molecule has 2 N–H and O–H groups in total. The Balaban J connectivity index is 1.75. The fraction of sp³-hybridized carbons (Fsp3) is 0.706. The molecule has 0 aliphatic carbocycles. The standard InChI is InChI=1S/C17H30N6OS/c1-5-18-17(20-12-16-21-13(2)14(3)25-16)19-6-7-22-8-10-23(11-9-22)15(4)24/h5-12H2,1-4H3,(H2,18,19,20). The molecule has 1 saturated heterocycles. The second kappa shape index (κ2) is 9.72. The van der Waals surface area contributed by atoms with Gasteiger partial charge in [-0.2, -0.15) is 0 Å². The van der Waals surface area contributed by atoms with Gasteiger partial charge in [0.15, 0.2) is 5.96 Å². The lowest BCUT2D eigenvalue weighted by molar-refractivity contribution is -0.130. The third-order valence-electron chi connectivity index (χ3n) is 4.33. The third-order valence-corrected chi connectivity index (χ3v) is 5.39. The van der Waals surface area contributed by atoms with E-state index in [0.717, 1.165) is 62.5 Å². The van der Waals surface area contributed by atoms with E-state index in [1.165, 1.54) is 4.88 Å². The summed E-state index contributed by atoms with van der Waals surface area (Å²) in [5, 5.41) is 7.71. The van der Waals surface area contributed by atoms with Gasteiger partial charge in [-0.25, -0.2) is 9.98 Å². The topological polar surface area (TPSA) is 72.9 Å². The van der Waals surface area contributed by atoms with Crippen LogP contribution in [0, 0.1) is 13.8 Å². The molecule has 8 heteroatoms. The molecule has 1 fully saturated rings. The van der Waals surface area contributed by atoms with Gasteiger partial charge in [0.25, 0.3) is 0 Å². The first-order chi connectivity index (χ1) is 12.0. The summed E-state index contributed by atoms with van der Waals surface area (Å²) in [5.41, 5.74) is 1.10. The molecule has 0 saturated carbocycles. The number of rotatable bonds is 6. The van der Waals surface area contributed by atoms with Crippen LogP contribution in [0.15, 0.2) is 4.99 Å². The predicted octanol–water partition coefficient (Wildman–Crippen LogP) is 0.979. The number of thiazole rings is 1. The number of aryl methyl sites for hydroxylation is 2. The number of aromatic nitrogens is 1. The first-order valence-electron chi connectivity index (χ1n) is 8.92. The number of aliphatic imine (C=N–C) groups is 1. The van der Waals surface area contributed by atoms with Crippen molar-refractivity contribution < 1.29 is 4.79 Å². The quantitative estimate of drug-likeness (QED) is 0.580. The van der Waals surface area contributed by atoms with Gasteiger partial charge < -0.3 is 15.5 Å². The minimum absolute atomic E-state index is 0.173. The van der Waals surface area contributed by atoms with Crippen LogP contribution >= 0.6 is 11.3 Å². The molecule has 0 spiro atoms. The Bertz CT molecular complexity index is 572. The normalized spacial score (nSPS) is 16.2. The lowest BCUT2D eigenvalue weighted by Gasteiger charge is -2.34. The number of carbonyl (C=O) groups is 1. The highest BCUT2D eigenvalue weighted by Crippen LogP contribution is 2.16. The molecule has 1 aliphatic rings. The summed E-state index contributed by atoms with van der Waals surface area (Å²) < 4.78 is 0. The summed E-state index contributed by atoms with van der Waals surface area (Å²) in [7, 11) is 0. The van der Waals surface area contributed by atoms with E-state index in [1.54, 1.807) is 18.3 Å². The zero-order valence-electron chi connectivity index (χ0n) is 15.8. The van der Waals surface area contributed by atoms with Crippen LogP contribution in [0.2, 0.25) is 0 Å². The zero-order valence-corrected chi connectivity index (χ0v) is 16.6. The van der Waals surface area contributed by atoms with Gasteiger partial charge in [0.1, 0.15) is 5.01 Å². The molecule has 0 radical (unpaired) electrons. The van der Waals surface area contributed by atoms with Crippen molar-refractivity contribution in [1.82, 2.24) is 25.4 Å². The highest BCUT2D eigenvalue weighted by atomic mass is 32.1. The van der Waals surface area contributed by atoms with Crippen LogP contribution in [0.5, 0.6) is 0 Å². The Kier molecular flexibility index (Phi) is 7.64. The van der Waals surface area contributed by atoms with Gasteiger partial charge in [-0.1, -0.05) is 0 Å². The third kappa shape index (κ3) is 6.28. The van der Waals surface area contributed by atoms with E-state index in [4.69, 9.17) is 0 Å². The minimum Gasteiger partial charge on any atom is -0.357 e. The molecule has 0 bridgehead atoms. The summed E-state index contributed by atoms with van der Waals surface area (Å²) in [4.78, 5) is 26.1. The Morgan fingerprint density at radius 3 is 2.52 bits per heavy atom. The molecular weight excluding hydrogens is 336 g/mol. The summed E-state index contributed by atoms with van der Waals surface area (Å²) >= 11 is 1.71. The van der Waals surface area contributed by atoms with Crippen molar-refractivity contribution in [2.75, 3.05) is 45.8 Å². The SMILES string of the molecule is CCNC(=NCc1nc(C)c(C)s1)NCCN1CCN(C(C)=O)CC1. The molecule has 0 atom stereocenters. The number of guanidine groups is 1. The maximum atomic E-state index is 11.4. The lowest BCUT2D eigenvalue weighted by Crippen LogP contribution is -2.50. The van der Waals surface area contributed by atoms with Crippen LogP contribution in [-0.4, -0.2) is 72.5 Å². The molecule has 7 nitrogen and oxygen atoms in total. The van der Waals surface area contributed by atoms with E-state index in [9.17, 15) is 4.79 Å². The molecular formula is C17H30N6OS. The van der Waals surface area contributed by atoms with Gasteiger partial charge in [-0.05, 0) is 20.8 Å². The number of amides is 1. The van der Waals surface area contributed by atoms with Crippen LogP contribution in [0.4, 0.5) is 0 Å². The number of hydrogen-bond acceptors (Lipinski definition) is 5. The van der Waals surface area contributed by atoms with E-state index in [1.807, 2.05) is 11.8 Å². The number of nitrogens with one attached hydrogen (secondary N) is 2. The van der Waals surface area contributed by atoms with Crippen molar-refractivity contribution in [3.8, 4) is 0 Å². The monoisotopic (exact) mass is 366 g/mol. The van der Waals surface area contributed by atoms with Gasteiger partial charge in [0.2, 0.25) is 5.91 Å². The van der Waals surface area contributed by atoms with Crippen molar-refractivity contribution in [1.29, 1.82) is 0 Å². The second-order valence-corrected chi connectivity index (χ2v) is 7.51. The highest BCUT2D eigenvalue weighted by Gasteiger charge is 2.17. The number of hydrogen-bond donors (Lipinski definition) is 2. The van der Waals surface area contributed by atoms with Crippen molar-refractivity contribution in [3.05, 3.63) is 15.6 Å². The minimum atomic E-state index is 0.173. The molecule has 1 aromatic heterocycles. The molecule has 1 amide bonds. The predicted molar refractivity (Wildman–Crippen MR) is 103 cm³/mol. The van der Waals surface area contributed by atoms with Gasteiger partial charge >= 0.3 is 0 Å². The fourth-order valence-corrected chi connectivity index (χ4v) is 3.57. The molecule has 140 valence electrons. The van der Waals surface area contributed by atoms with Crippen LogP contribution in [0.1, 0.15) is 29.4 Å². The second-order valence-electron chi connectivity index (χ2n) is 6.22. The van der Waals surface area contributed by atoms with E-state index >= 15 is 0 Å². The number of piperazine rings is 1. The zero-order chi connectivity index (χ0) is 18.2. The smallest absolute Gasteiger partial charge is 0.219 e. The van der Waals surface area contributed by atoms with E-state index < -0.39 is 0 Å². The summed E-state index contributed by atoms with van der Waals surface area (Å²) in [6.07, 6.45) is 0. The highest BCUT2D eigenvalue weighted by molar-refractivity contribution is 7.11. The maximum Gasteiger partial charge on any atom is 0.219 e. The van der Waals surface area contributed by atoms with Gasteiger partial charge in [0, 0.05) is 57.6 Å². The number of nitrogens with zero attached hydrogens (tertiary/aromatic N) is 4. The molecule has 1 aliphatic heterocycles. The Morgan fingerprint density at radius 2 is 1.96 bits per heavy atom. The van der Waals surface area contributed by atoms with E-state index in [0.29, 0.717) is 6.54 Å². The van der Waals surface area contributed by atoms with Crippen molar-refractivity contribution >= 4 is 23.2 Å². The average Bonchev–Trinajstić information content (AvgIpc) is 2.91. The maximum absolute atomic E-state index is 11.4. The Morgan fingerprint density at radius 1 is 1.24 bits per heavy atom. The Labute approximate surface area is 154 Å². The molecule has 1 aromatic rings. The summed E-state index contributed by atoms with van der Waals surface area (Å²) in [5.74, 6) is 1.00. The Hall–Kier alpha value is -1.67. The van der Waals surface area contributed by atoms with Crippen LogP contribution in [0.25, 0.3) is 0 Å². The molecule has 2 heterocycles. The van der Waals surface area contributed by atoms with Gasteiger partial charge in [0.05, 0.1) is 12.2 Å². The lowest BCUT2D eigenvalue weighted by atomic mass is 10.3. The van der Waals surface area contributed by atoms with E-state index in [2.05, 4.69) is 39.4 Å². The first-order valence-corrected chi connectivity index (χ1v) is 9.74. The van der Waals surface area contributed by atoms with Crippen molar-refractivity contribution in [3.63, 3.8) is 0 Å². The molecule has 0 aromatic carbocycles. The fourth-order valence-electron chi connectivity index (χ4n) is 2.71. The van der Waals surface area contributed by atoms with Crippen LogP contribution < -0.4 is 10.6 Å². The molecule has 25 heavy (non-hydrogen) atoms. The van der Waals surface area contributed by atoms with Gasteiger partial charge in [-0.15, -0.1) is 11.3 Å². The largest absolute Gasteiger partial charge is 0.357 e. The van der Waals surface area contributed by atoms with Crippen molar-refractivity contribution in [2.24, 2.45) is 4.99 Å². The average molecular weight is 367 g/mol. The number of carbonyl (C=O) groups excluding carboxylic acids is 1. The van der Waals surface area contributed by atoms with E-state index in [-0.39, 0.29) is 5.91 Å². The summed E-state index contributed by atoms with van der Waals surface area (Å²) in [6, 6.07) is 0. The van der Waals surface area contributed by atoms with Crippen molar-refractivity contribution in [2.45, 2.75) is 34.2 Å². The molecule has 2 rings (SSSR count). The van der Waals surface area contributed by atoms with Crippen LogP contribution in [0.3, 0.4) is 0 Å².